The molecule has 0 atom stereocenters. The Balaban J connectivity index is 2.15. The second kappa shape index (κ2) is 6.20. The SMILES string of the molecule is O=[N+]([O-])c1ccc(F)c(N=C=NC2CCCCC2)c1. The van der Waals surface area contributed by atoms with Crippen LogP contribution in [0.4, 0.5) is 15.8 Å². The molecule has 0 amide bonds. The largest absolute Gasteiger partial charge is 0.271 e. The quantitative estimate of drug-likeness (QED) is 0.472. The van der Waals surface area contributed by atoms with E-state index in [2.05, 4.69) is 16.0 Å². The van der Waals surface area contributed by atoms with Crippen molar-refractivity contribution in [1.82, 2.24) is 0 Å². The highest BCUT2D eigenvalue weighted by Crippen LogP contribution is 2.23. The summed E-state index contributed by atoms with van der Waals surface area (Å²) in [5, 5.41) is 10.6. The van der Waals surface area contributed by atoms with Gasteiger partial charge in [0.25, 0.3) is 5.69 Å². The maximum atomic E-state index is 13.4. The van der Waals surface area contributed by atoms with Gasteiger partial charge >= 0.3 is 0 Å². The Labute approximate surface area is 110 Å². The third kappa shape index (κ3) is 3.69. The maximum Gasteiger partial charge on any atom is 0.271 e. The Morgan fingerprint density at radius 2 is 2.05 bits per heavy atom. The van der Waals surface area contributed by atoms with Gasteiger partial charge < -0.3 is 0 Å². The van der Waals surface area contributed by atoms with Crippen LogP contribution in [0.2, 0.25) is 0 Å². The van der Waals surface area contributed by atoms with Crippen LogP contribution < -0.4 is 0 Å². The average molecular weight is 263 g/mol. The molecule has 1 aromatic carbocycles. The first kappa shape index (κ1) is 13.4. The van der Waals surface area contributed by atoms with E-state index >= 15 is 0 Å². The highest BCUT2D eigenvalue weighted by atomic mass is 19.1. The summed E-state index contributed by atoms with van der Waals surface area (Å²) in [5.41, 5.74) is -0.298. The third-order valence-corrected chi connectivity index (χ3v) is 3.13. The van der Waals surface area contributed by atoms with Crippen molar-refractivity contribution in [3.05, 3.63) is 34.1 Å². The van der Waals surface area contributed by atoms with Gasteiger partial charge in [-0.3, -0.25) is 10.1 Å². The Hall–Kier alpha value is -2.07. The number of hydrogen-bond acceptors (Lipinski definition) is 4. The van der Waals surface area contributed by atoms with Gasteiger partial charge in [-0.25, -0.2) is 9.38 Å². The van der Waals surface area contributed by atoms with Gasteiger partial charge in [-0.2, -0.15) is 4.99 Å². The van der Waals surface area contributed by atoms with Gasteiger partial charge in [0.15, 0.2) is 0 Å². The van der Waals surface area contributed by atoms with E-state index in [0.29, 0.717) is 0 Å². The van der Waals surface area contributed by atoms with Crippen molar-refractivity contribution in [1.29, 1.82) is 0 Å². The molecular formula is C13H14FN3O2. The molecule has 0 heterocycles. The molecule has 0 unspecified atom stereocenters. The van der Waals surface area contributed by atoms with Crippen molar-refractivity contribution in [3.63, 3.8) is 0 Å². The first-order valence-electron chi connectivity index (χ1n) is 6.26. The molecule has 0 N–H and O–H groups in total. The molecule has 0 radical (unpaired) electrons. The number of halogens is 1. The molecule has 0 spiro atoms. The molecule has 5 nitrogen and oxygen atoms in total. The molecule has 1 aliphatic rings. The van der Waals surface area contributed by atoms with Crippen molar-refractivity contribution < 1.29 is 9.31 Å². The molecule has 19 heavy (non-hydrogen) atoms. The van der Waals surface area contributed by atoms with Crippen LogP contribution in [-0.2, 0) is 0 Å². The molecule has 2 rings (SSSR count). The Morgan fingerprint density at radius 3 is 2.74 bits per heavy atom. The fraction of sp³-hybridized carbons (Fsp3) is 0.462. The van der Waals surface area contributed by atoms with Gasteiger partial charge in [0.2, 0.25) is 0 Å². The average Bonchev–Trinajstić information content (AvgIpc) is 2.42. The van der Waals surface area contributed by atoms with Crippen molar-refractivity contribution in [2.45, 2.75) is 38.1 Å². The number of hydrogen-bond donors (Lipinski definition) is 0. The fourth-order valence-electron chi connectivity index (χ4n) is 2.07. The predicted octanol–water partition coefficient (Wildman–Crippen LogP) is 3.87. The van der Waals surface area contributed by atoms with E-state index in [9.17, 15) is 14.5 Å². The topological polar surface area (TPSA) is 67.9 Å². The zero-order valence-electron chi connectivity index (χ0n) is 10.4. The van der Waals surface area contributed by atoms with Crippen LogP contribution in [0.15, 0.2) is 28.2 Å². The van der Waals surface area contributed by atoms with Gasteiger partial charge in [0.05, 0.1) is 17.0 Å². The summed E-state index contributed by atoms with van der Waals surface area (Å²) >= 11 is 0. The van der Waals surface area contributed by atoms with Crippen molar-refractivity contribution in [2.24, 2.45) is 9.98 Å². The fourth-order valence-corrected chi connectivity index (χ4v) is 2.07. The summed E-state index contributed by atoms with van der Waals surface area (Å²) in [6.45, 7) is 0. The molecule has 0 aliphatic heterocycles. The summed E-state index contributed by atoms with van der Waals surface area (Å²) in [4.78, 5) is 17.9. The Morgan fingerprint density at radius 1 is 1.32 bits per heavy atom. The molecule has 100 valence electrons. The Kier molecular flexibility index (Phi) is 4.36. The summed E-state index contributed by atoms with van der Waals surface area (Å²) < 4.78 is 13.4. The van der Waals surface area contributed by atoms with Gasteiger partial charge in [0.1, 0.15) is 11.5 Å². The number of nitro groups is 1. The van der Waals surface area contributed by atoms with Crippen molar-refractivity contribution >= 4 is 17.4 Å². The zero-order valence-corrected chi connectivity index (χ0v) is 10.4. The minimum atomic E-state index is -0.614. The zero-order chi connectivity index (χ0) is 13.7. The minimum absolute atomic E-state index is 0.103. The highest BCUT2D eigenvalue weighted by molar-refractivity contribution is 5.56. The van der Waals surface area contributed by atoms with Crippen LogP contribution in [0, 0.1) is 15.9 Å². The monoisotopic (exact) mass is 263 g/mol. The molecule has 1 saturated carbocycles. The van der Waals surface area contributed by atoms with E-state index < -0.39 is 10.7 Å². The summed E-state index contributed by atoms with van der Waals surface area (Å²) in [5.74, 6) is -0.614. The van der Waals surface area contributed by atoms with E-state index in [1.54, 1.807) is 0 Å². The van der Waals surface area contributed by atoms with Crippen molar-refractivity contribution in [2.75, 3.05) is 0 Å². The summed E-state index contributed by atoms with van der Waals surface area (Å²) in [7, 11) is 0. The van der Waals surface area contributed by atoms with E-state index in [0.717, 1.165) is 43.9 Å². The lowest BCUT2D eigenvalue weighted by molar-refractivity contribution is -0.384. The number of nitro benzene ring substituents is 1. The first-order chi connectivity index (χ1) is 9.16. The van der Waals surface area contributed by atoms with Crippen LogP contribution in [0.3, 0.4) is 0 Å². The smallest absolute Gasteiger partial charge is 0.258 e. The van der Waals surface area contributed by atoms with Gasteiger partial charge in [-0.15, -0.1) is 0 Å². The molecular weight excluding hydrogens is 249 g/mol. The van der Waals surface area contributed by atoms with Gasteiger partial charge in [0, 0.05) is 12.1 Å². The van der Waals surface area contributed by atoms with Gasteiger partial charge in [-0.05, 0) is 18.9 Å². The summed E-state index contributed by atoms with van der Waals surface area (Å²) in [6, 6.07) is 5.87. The normalized spacial score (nSPS) is 15.6. The molecule has 0 saturated heterocycles. The van der Waals surface area contributed by atoms with E-state index in [1.165, 1.54) is 6.42 Å². The predicted molar refractivity (Wildman–Crippen MR) is 69.5 cm³/mol. The highest BCUT2D eigenvalue weighted by Gasteiger charge is 2.11. The second-order valence-electron chi connectivity index (χ2n) is 4.53. The van der Waals surface area contributed by atoms with Gasteiger partial charge in [-0.1, -0.05) is 19.3 Å². The minimum Gasteiger partial charge on any atom is -0.258 e. The van der Waals surface area contributed by atoms with E-state index in [-0.39, 0.29) is 17.4 Å². The van der Waals surface area contributed by atoms with Crippen LogP contribution in [0.5, 0.6) is 0 Å². The molecule has 1 aliphatic carbocycles. The lowest BCUT2D eigenvalue weighted by atomic mass is 9.96. The van der Waals surface area contributed by atoms with Crippen LogP contribution in [0.1, 0.15) is 32.1 Å². The van der Waals surface area contributed by atoms with Crippen LogP contribution in [-0.4, -0.2) is 17.0 Å². The maximum absolute atomic E-state index is 13.4. The van der Waals surface area contributed by atoms with E-state index in [1.807, 2.05) is 0 Å². The van der Waals surface area contributed by atoms with Crippen LogP contribution >= 0.6 is 0 Å². The standard InChI is InChI=1S/C13H14FN3O2/c14-12-7-6-11(17(18)19)8-13(12)16-9-15-10-4-2-1-3-5-10/h6-8,10H,1-5H2. The molecule has 1 aromatic rings. The molecule has 0 bridgehead atoms. The van der Waals surface area contributed by atoms with Crippen LogP contribution in [0.25, 0.3) is 0 Å². The molecule has 1 fully saturated rings. The van der Waals surface area contributed by atoms with E-state index in [4.69, 9.17) is 0 Å². The molecule has 0 aromatic heterocycles. The lowest BCUT2D eigenvalue weighted by Gasteiger charge is -2.15. The molecule has 6 heteroatoms. The number of nitrogens with zero attached hydrogens (tertiary/aromatic N) is 3. The number of rotatable bonds is 3. The number of aliphatic imine (C=N–C) groups is 2. The Bertz CT molecular complexity index is 533. The third-order valence-electron chi connectivity index (χ3n) is 3.13. The second-order valence-corrected chi connectivity index (χ2v) is 4.53. The number of non-ortho nitro benzene ring substituents is 1. The summed E-state index contributed by atoms with van der Waals surface area (Å²) in [6.07, 6.45) is 5.50. The first-order valence-corrected chi connectivity index (χ1v) is 6.26. The van der Waals surface area contributed by atoms with Crippen molar-refractivity contribution in [3.8, 4) is 0 Å². The lowest BCUT2D eigenvalue weighted by Crippen LogP contribution is -2.08. The number of benzene rings is 1.